The molecule has 0 saturated heterocycles. The van der Waals surface area contributed by atoms with E-state index in [4.69, 9.17) is 0 Å². The summed E-state index contributed by atoms with van der Waals surface area (Å²) in [5, 5.41) is 7.93. The number of aryl methyl sites for hydroxylation is 1. The van der Waals surface area contributed by atoms with Crippen molar-refractivity contribution >= 4 is 0 Å². The monoisotopic (exact) mass is 221 g/mol. The zero-order chi connectivity index (χ0) is 11.4. The third-order valence-electron chi connectivity index (χ3n) is 3.82. The van der Waals surface area contributed by atoms with Crippen LogP contribution in [0, 0.1) is 5.92 Å². The molecule has 2 rings (SSSR count). The second-order valence-electron chi connectivity index (χ2n) is 4.85. The van der Waals surface area contributed by atoms with Crippen LogP contribution in [-0.2, 0) is 13.1 Å². The zero-order valence-corrected chi connectivity index (χ0v) is 10.4. The quantitative estimate of drug-likeness (QED) is 0.828. The summed E-state index contributed by atoms with van der Waals surface area (Å²) in [6, 6.07) is 2.75. The summed E-state index contributed by atoms with van der Waals surface area (Å²) in [7, 11) is 0. The van der Waals surface area contributed by atoms with Crippen LogP contribution in [0.15, 0.2) is 12.3 Å². The Bertz CT molecular complexity index is 313. The molecule has 0 radical (unpaired) electrons. The van der Waals surface area contributed by atoms with E-state index in [0.717, 1.165) is 19.0 Å². The van der Waals surface area contributed by atoms with E-state index in [1.165, 1.54) is 31.4 Å². The first-order valence-corrected chi connectivity index (χ1v) is 6.55. The molecule has 90 valence electrons. The first kappa shape index (κ1) is 11.6. The standard InChI is InChI=1S/C13H23N3/c1-3-16-13(8-9-15-16)10-14-11(2)12-6-4-5-7-12/h8-9,11-12,14H,3-7,10H2,1-2H3/t11-/m0/s1. The van der Waals surface area contributed by atoms with Crippen LogP contribution in [0.4, 0.5) is 0 Å². The second kappa shape index (κ2) is 5.48. The summed E-state index contributed by atoms with van der Waals surface area (Å²) >= 11 is 0. The van der Waals surface area contributed by atoms with Crippen LogP contribution in [0.1, 0.15) is 45.2 Å². The summed E-state index contributed by atoms with van der Waals surface area (Å²) in [4.78, 5) is 0. The van der Waals surface area contributed by atoms with E-state index in [-0.39, 0.29) is 0 Å². The van der Waals surface area contributed by atoms with Gasteiger partial charge in [-0.3, -0.25) is 4.68 Å². The van der Waals surface area contributed by atoms with Crippen LogP contribution in [-0.4, -0.2) is 15.8 Å². The van der Waals surface area contributed by atoms with Crippen molar-refractivity contribution < 1.29 is 0 Å². The Labute approximate surface area is 98.2 Å². The molecule has 0 bridgehead atoms. The van der Waals surface area contributed by atoms with Gasteiger partial charge in [-0.1, -0.05) is 12.8 Å². The van der Waals surface area contributed by atoms with E-state index in [9.17, 15) is 0 Å². The Hall–Kier alpha value is -0.830. The highest BCUT2D eigenvalue weighted by Gasteiger charge is 2.21. The predicted octanol–water partition coefficient (Wildman–Crippen LogP) is 2.57. The molecule has 1 atom stereocenters. The summed E-state index contributed by atoms with van der Waals surface area (Å²) in [6.07, 6.45) is 7.54. The SMILES string of the molecule is CCn1nccc1CN[C@@H](C)C1CCCC1. The van der Waals surface area contributed by atoms with Crippen molar-refractivity contribution in [2.24, 2.45) is 5.92 Å². The summed E-state index contributed by atoms with van der Waals surface area (Å²) in [5.74, 6) is 0.887. The fourth-order valence-electron chi connectivity index (χ4n) is 2.68. The van der Waals surface area contributed by atoms with Crippen LogP contribution >= 0.6 is 0 Å². The molecule has 1 heterocycles. The minimum atomic E-state index is 0.641. The minimum absolute atomic E-state index is 0.641. The van der Waals surface area contributed by atoms with E-state index in [2.05, 4.69) is 35.0 Å². The van der Waals surface area contributed by atoms with Crippen molar-refractivity contribution in [2.75, 3.05) is 0 Å². The van der Waals surface area contributed by atoms with Gasteiger partial charge in [0, 0.05) is 25.3 Å². The number of aromatic nitrogens is 2. The number of nitrogens with one attached hydrogen (secondary N) is 1. The maximum Gasteiger partial charge on any atom is 0.0522 e. The lowest BCUT2D eigenvalue weighted by Crippen LogP contribution is -2.32. The molecule has 1 aromatic heterocycles. The lowest BCUT2D eigenvalue weighted by atomic mass is 10.00. The predicted molar refractivity (Wildman–Crippen MR) is 66.2 cm³/mol. The maximum absolute atomic E-state index is 4.29. The topological polar surface area (TPSA) is 29.9 Å². The highest BCUT2D eigenvalue weighted by Crippen LogP contribution is 2.27. The van der Waals surface area contributed by atoms with Gasteiger partial charge in [0.25, 0.3) is 0 Å². The Balaban J connectivity index is 1.82. The minimum Gasteiger partial charge on any atom is -0.308 e. The van der Waals surface area contributed by atoms with Gasteiger partial charge in [-0.05, 0) is 38.7 Å². The molecule has 0 unspecified atom stereocenters. The van der Waals surface area contributed by atoms with Gasteiger partial charge in [0.1, 0.15) is 0 Å². The fourth-order valence-corrected chi connectivity index (χ4v) is 2.68. The summed E-state index contributed by atoms with van der Waals surface area (Å²) in [6.45, 7) is 6.37. The van der Waals surface area contributed by atoms with Crippen molar-refractivity contribution in [2.45, 2.75) is 58.7 Å². The first-order valence-electron chi connectivity index (χ1n) is 6.55. The highest BCUT2D eigenvalue weighted by atomic mass is 15.3. The van der Waals surface area contributed by atoms with Crippen LogP contribution < -0.4 is 5.32 Å². The number of rotatable bonds is 5. The average molecular weight is 221 g/mol. The molecular weight excluding hydrogens is 198 g/mol. The van der Waals surface area contributed by atoms with Gasteiger partial charge in [0.2, 0.25) is 0 Å². The molecule has 3 heteroatoms. The number of hydrogen-bond acceptors (Lipinski definition) is 2. The van der Waals surface area contributed by atoms with Gasteiger partial charge in [0.05, 0.1) is 5.69 Å². The van der Waals surface area contributed by atoms with E-state index >= 15 is 0 Å². The van der Waals surface area contributed by atoms with Gasteiger partial charge in [-0.2, -0.15) is 5.10 Å². The fraction of sp³-hybridized carbons (Fsp3) is 0.769. The molecule has 1 fully saturated rings. The van der Waals surface area contributed by atoms with Gasteiger partial charge in [-0.15, -0.1) is 0 Å². The Morgan fingerprint density at radius 1 is 1.50 bits per heavy atom. The van der Waals surface area contributed by atoms with E-state index < -0.39 is 0 Å². The van der Waals surface area contributed by atoms with Crippen molar-refractivity contribution in [1.82, 2.24) is 15.1 Å². The summed E-state index contributed by atoms with van der Waals surface area (Å²) < 4.78 is 2.06. The van der Waals surface area contributed by atoms with Gasteiger partial charge >= 0.3 is 0 Å². The molecule has 0 amide bonds. The molecule has 0 spiro atoms. The van der Waals surface area contributed by atoms with Crippen molar-refractivity contribution in [1.29, 1.82) is 0 Å². The molecule has 0 aromatic carbocycles. The molecule has 1 N–H and O–H groups in total. The van der Waals surface area contributed by atoms with Gasteiger partial charge in [-0.25, -0.2) is 0 Å². The van der Waals surface area contributed by atoms with Crippen molar-refractivity contribution in [3.63, 3.8) is 0 Å². The van der Waals surface area contributed by atoms with Gasteiger partial charge in [0.15, 0.2) is 0 Å². The van der Waals surface area contributed by atoms with E-state index in [0.29, 0.717) is 6.04 Å². The lowest BCUT2D eigenvalue weighted by Gasteiger charge is -2.20. The third-order valence-corrected chi connectivity index (χ3v) is 3.82. The molecule has 0 aliphatic heterocycles. The normalized spacial score (nSPS) is 19.1. The van der Waals surface area contributed by atoms with Crippen LogP contribution in [0.3, 0.4) is 0 Å². The highest BCUT2D eigenvalue weighted by molar-refractivity contribution is 5.00. The number of nitrogens with zero attached hydrogens (tertiary/aromatic N) is 2. The summed E-state index contributed by atoms with van der Waals surface area (Å²) in [5.41, 5.74) is 1.30. The molecule has 1 saturated carbocycles. The average Bonchev–Trinajstić information content (AvgIpc) is 2.96. The number of hydrogen-bond donors (Lipinski definition) is 1. The molecule has 1 aliphatic carbocycles. The maximum atomic E-state index is 4.29. The van der Waals surface area contributed by atoms with Crippen LogP contribution in [0.5, 0.6) is 0 Å². The van der Waals surface area contributed by atoms with Crippen LogP contribution in [0.25, 0.3) is 0 Å². The lowest BCUT2D eigenvalue weighted by molar-refractivity contribution is 0.375. The Morgan fingerprint density at radius 3 is 2.94 bits per heavy atom. The zero-order valence-electron chi connectivity index (χ0n) is 10.4. The third kappa shape index (κ3) is 2.64. The van der Waals surface area contributed by atoms with Crippen LogP contribution in [0.2, 0.25) is 0 Å². The molecular formula is C13H23N3. The van der Waals surface area contributed by atoms with Gasteiger partial charge < -0.3 is 5.32 Å². The second-order valence-corrected chi connectivity index (χ2v) is 4.85. The Morgan fingerprint density at radius 2 is 2.25 bits per heavy atom. The molecule has 3 nitrogen and oxygen atoms in total. The smallest absolute Gasteiger partial charge is 0.0522 e. The largest absolute Gasteiger partial charge is 0.308 e. The Kier molecular flexibility index (Phi) is 3.99. The van der Waals surface area contributed by atoms with E-state index in [1.54, 1.807) is 0 Å². The van der Waals surface area contributed by atoms with E-state index in [1.807, 2.05) is 6.20 Å². The first-order chi connectivity index (χ1) is 7.81. The molecule has 1 aliphatic rings. The van der Waals surface area contributed by atoms with Crippen molar-refractivity contribution in [3.05, 3.63) is 18.0 Å². The molecule has 16 heavy (non-hydrogen) atoms. The molecule has 1 aromatic rings. The van der Waals surface area contributed by atoms with Crippen molar-refractivity contribution in [3.8, 4) is 0 Å².